The normalized spacial score (nSPS) is 17.8. The van der Waals surface area contributed by atoms with Gasteiger partial charge in [0.1, 0.15) is 6.29 Å². The summed E-state index contributed by atoms with van der Waals surface area (Å²) < 4.78 is 0. The van der Waals surface area contributed by atoms with E-state index in [1.165, 1.54) is 6.08 Å². The van der Waals surface area contributed by atoms with Crippen molar-refractivity contribution in [2.45, 2.75) is 0 Å². The Labute approximate surface area is 54.4 Å². The number of rotatable bonds is 2. The van der Waals surface area contributed by atoms with Crippen molar-refractivity contribution in [1.82, 2.24) is 0 Å². The number of aldehydes is 1. The van der Waals surface area contributed by atoms with Gasteiger partial charge < -0.3 is 0 Å². The molecule has 1 heteroatoms. The molecule has 0 radical (unpaired) electrons. The molecule has 0 bridgehead atoms. The molecule has 0 heterocycles. The van der Waals surface area contributed by atoms with E-state index in [4.69, 9.17) is 0 Å². The van der Waals surface area contributed by atoms with Crippen LogP contribution in [0, 0.1) is 5.92 Å². The van der Waals surface area contributed by atoms with E-state index in [-0.39, 0.29) is 0 Å². The summed E-state index contributed by atoms with van der Waals surface area (Å²) in [6.07, 6.45) is 12.2. The van der Waals surface area contributed by atoms with Gasteiger partial charge in [-0.15, -0.1) is 0 Å². The van der Waals surface area contributed by atoms with Crippen LogP contribution < -0.4 is 0 Å². The maximum atomic E-state index is 9.83. The first-order chi connectivity index (χ1) is 4.43. The first-order valence-electron chi connectivity index (χ1n) is 2.90. The van der Waals surface area contributed by atoms with E-state index in [0.717, 1.165) is 6.29 Å². The van der Waals surface area contributed by atoms with Crippen molar-refractivity contribution < 1.29 is 4.79 Å². The number of carbonyl (C=O) groups excluding carboxylic acids is 1. The second-order valence-corrected chi connectivity index (χ2v) is 1.87. The van der Waals surface area contributed by atoms with Crippen molar-refractivity contribution in [3.05, 3.63) is 36.5 Å². The lowest BCUT2D eigenvalue weighted by molar-refractivity contribution is -0.104. The third-order valence-electron chi connectivity index (χ3n) is 1.19. The molecule has 0 aromatic carbocycles. The van der Waals surface area contributed by atoms with Crippen molar-refractivity contribution in [1.29, 1.82) is 0 Å². The predicted octanol–water partition coefficient (Wildman–Crippen LogP) is 1.48. The van der Waals surface area contributed by atoms with Crippen LogP contribution in [0.3, 0.4) is 0 Å². The van der Waals surface area contributed by atoms with E-state index in [9.17, 15) is 4.79 Å². The number of hydrogen-bond acceptors (Lipinski definition) is 1. The maximum Gasteiger partial charge on any atom is 0.142 e. The predicted molar refractivity (Wildman–Crippen MR) is 37.0 cm³/mol. The van der Waals surface area contributed by atoms with Gasteiger partial charge in [-0.2, -0.15) is 0 Å². The standard InChI is InChI=1S/C8H8O/c9-7-3-6-8-4-1-2-5-8/h1-8H. The molecule has 0 aromatic rings. The average molecular weight is 120 g/mol. The fourth-order valence-electron chi connectivity index (χ4n) is 0.751. The molecule has 1 rings (SSSR count). The van der Waals surface area contributed by atoms with E-state index in [1.54, 1.807) is 0 Å². The fraction of sp³-hybridized carbons (Fsp3) is 0.125. The van der Waals surface area contributed by atoms with Crippen molar-refractivity contribution in [3.63, 3.8) is 0 Å². The Morgan fingerprint density at radius 3 is 2.44 bits per heavy atom. The molecule has 0 N–H and O–H groups in total. The molecule has 1 nitrogen and oxygen atoms in total. The molecule has 0 aromatic heterocycles. The van der Waals surface area contributed by atoms with Gasteiger partial charge in [0.25, 0.3) is 0 Å². The lowest BCUT2D eigenvalue weighted by Gasteiger charge is -1.90. The first-order valence-corrected chi connectivity index (χ1v) is 2.90. The molecule has 0 saturated heterocycles. The summed E-state index contributed by atoms with van der Waals surface area (Å²) in [6.45, 7) is 0. The topological polar surface area (TPSA) is 17.1 Å². The second-order valence-electron chi connectivity index (χ2n) is 1.87. The fourth-order valence-corrected chi connectivity index (χ4v) is 0.751. The van der Waals surface area contributed by atoms with Crippen molar-refractivity contribution in [3.8, 4) is 0 Å². The van der Waals surface area contributed by atoms with Crippen LogP contribution in [-0.2, 0) is 4.79 Å². The maximum absolute atomic E-state index is 9.83. The van der Waals surface area contributed by atoms with Gasteiger partial charge in [-0.1, -0.05) is 30.4 Å². The highest BCUT2D eigenvalue weighted by Crippen LogP contribution is 2.08. The number of hydrogen-bond donors (Lipinski definition) is 0. The van der Waals surface area contributed by atoms with Crippen LogP contribution in [0.4, 0.5) is 0 Å². The summed E-state index contributed by atoms with van der Waals surface area (Å²) in [5, 5.41) is 0. The number of carbonyl (C=O) groups is 1. The van der Waals surface area contributed by atoms with Crippen LogP contribution in [0.25, 0.3) is 0 Å². The first kappa shape index (κ1) is 6.02. The van der Waals surface area contributed by atoms with E-state index in [2.05, 4.69) is 0 Å². The van der Waals surface area contributed by atoms with Crippen LogP contribution in [0.2, 0.25) is 0 Å². The van der Waals surface area contributed by atoms with Gasteiger partial charge in [-0.05, 0) is 6.08 Å². The van der Waals surface area contributed by atoms with Gasteiger partial charge in [-0.25, -0.2) is 0 Å². The van der Waals surface area contributed by atoms with Gasteiger partial charge in [0.15, 0.2) is 0 Å². The number of allylic oxidation sites excluding steroid dienone is 6. The lowest BCUT2D eigenvalue weighted by Crippen LogP contribution is -1.79. The van der Waals surface area contributed by atoms with Crippen molar-refractivity contribution >= 4 is 6.29 Å². The molecular weight excluding hydrogens is 112 g/mol. The van der Waals surface area contributed by atoms with Crippen LogP contribution in [0.15, 0.2) is 36.5 Å². The van der Waals surface area contributed by atoms with Crippen LogP contribution in [0.5, 0.6) is 0 Å². The SMILES string of the molecule is O=CC=CC1C=CC=C1. The Bertz CT molecular complexity index is 163. The van der Waals surface area contributed by atoms with E-state index in [0.29, 0.717) is 5.92 Å². The highest BCUT2D eigenvalue weighted by molar-refractivity contribution is 5.64. The van der Waals surface area contributed by atoms with Crippen LogP contribution in [-0.4, -0.2) is 6.29 Å². The van der Waals surface area contributed by atoms with Gasteiger partial charge in [0, 0.05) is 5.92 Å². The minimum atomic E-state index is 0.343. The van der Waals surface area contributed by atoms with E-state index in [1.807, 2.05) is 30.4 Å². The van der Waals surface area contributed by atoms with Crippen molar-refractivity contribution in [2.75, 3.05) is 0 Å². The van der Waals surface area contributed by atoms with Crippen LogP contribution in [0.1, 0.15) is 0 Å². The van der Waals surface area contributed by atoms with Gasteiger partial charge in [0.2, 0.25) is 0 Å². The summed E-state index contributed by atoms with van der Waals surface area (Å²) >= 11 is 0. The van der Waals surface area contributed by atoms with Crippen LogP contribution >= 0.6 is 0 Å². The second kappa shape index (κ2) is 3.02. The Balaban J connectivity index is 2.45. The molecule has 0 aliphatic heterocycles. The summed E-state index contributed by atoms with van der Waals surface area (Å²) in [4.78, 5) is 9.83. The Morgan fingerprint density at radius 2 is 1.89 bits per heavy atom. The zero-order valence-electron chi connectivity index (χ0n) is 5.03. The zero-order valence-corrected chi connectivity index (χ0v) is 5.03. The molecule has 0 saturated carbocycles. The van der Waals surface area contributed by atoms with E-state index < -0.39 is 0 Å². The summed E-state index contributed by atoms with van der Waals surface area (Å²) in [7, 11) is 0. The largest absolute Gasteiger partial charge is 0.299 e. The van der Waals surface area contributed by atoms with Gasteiger partial charge in [-0.3, -0.25) is 4.79 Å². The Hall–Kier alpha value is -1.11. The molecule has 0 fully saturated rings. The minimum Gasteiger partial charge on any atom is -0.299 e. The molecule has 0 spiro atoms. The highest BCUT2D eigenvalue weighted by Gasteiger charge is 1.95. The summed E-state index contributed by atoms with van der Waals surface area (Å²) in [5.41, 5.74) is 0. The summed E-state index contributed by atoms with van der Waals surface area (Å²) in [6, 6.07) is 0. The third-order valence-corrected chi connectivity index (χ3v) is 1.19. The molecule has 0 atom stereocenters. The minimum absolute atomic E-state index is 0.343. The monoisotopic (exact) mass is 120 g/mol. The molecule has 9 heavy (non-hydrogen) atoms. The quantitative estimate of drug-likeness (QED) is 0.398. The third kappa shape index (κ3) is 1.68. The molecule has 1 aliphatic rings. The van der Waals surface area contributed by atoms with Gasteiger partial charge in [0.05, 0.1) is 0 Å². The Morgan fingerprint density at radius 1 is 1.22 bits per heavy atom. The van der Waals surface area contributed by atoms with Gasteiger partial charge >= 0.3 is 0 Å². The average Bonchev–Trinajstić information content (AvgIpc) is 2.34. The smallest absolute Gasteiger partial charge is 0.142 e. The molecule has 0 unspecified atom stereocenters. The molecule has 0 amide bonds. The summed E-state index contributed by atoms with van der Waals surface area (Å²) in [5.74, 6) is 0.343. The Kier molecular flexibility index (Phi) is 2.02. The molecule has 46 valence electrons. The lowest BCUT2D eigenvalue weighted by atomic mass is 10.1. The highest BCUT2D eigenvalue weighted by atomic mass is 16.1. The van der Waals surface area contributed by atoms with E-state index >= 15 is 0 Å². The molecular formula is C8H8O. The molecule has 1 aliphatic carbocycles. The van der Waals surface area contributed by atoms with Crippen molar-refractivity contribution in [2.24, 2.45) is 5.92 Å². The zero-order chi connectivity index (χ0) is 6.53.